The van der Waals surface area contributed by atoms with Gasteiger partial charge in [-0.25, -0.2) is 0 Å². The molecule has 3 heterocycles. The predicted molar refractivity (Wildman–Crippen MR) is 97.2 cm³/mol. The van der Waals surface area contributed by atoms with Crippen molar-refractivity contribution in [1.29, 1.82) is 0 Å². The number of likely N-dealkylation sites (N-methyl/N-ethyl adjacent to an activating group) is 1. The molecule has 0 bridgehead atoms. The quantitative estimate of drug-likeness (QED) is 0.845. The molecule has 1 aromatic heterocycles. The van der Waals surface area contributed by atoms with E-state index in [4.69, 9.17) is 0 Å². The van der Waals surface area contributed by atoms with Crippen molar-refractivity contribution in [2.75, 3.05) is 13.6 Å². The van der Waals surface area contributed by atoms with E-state index in [1.807, 2.05) is 13.1 Å². The number of aryl methyl sites for hydroxylation is 1. The van der Waals surface area contributed by atoms with Crippen LogP contribution in [0.3, 0.4) is 0 Å². The highest BCUT2D eigenvalue weighted by Gasteiger charge is 2.44. The second kappa shape index (κ2) is 6.64. The Labute approximate surface area is 149 Å². The second-order valence-electron chi connectivity index (χ2n) is 7.30. The van der Waals surface area contributed by atoms with Gasteiger partial charge in [0.1, 0.15) is 5.69 Å². The minimum absolute atomic E-state index is 0.124. The van der Waals surface area contributed by atoms with Crippen LogP contribution in [0.2, 0.25) is 0 Å². The lowest BCUT2D eigenvalue weighted by atomic mass is 10.0. The molecule has 1 amide bonds. The Morgan fingerprint density at radius 1 is 1.08 bits per heavy atom. The van der Waals surface area contributed by atoms with Gasteiger partial charge in [0.25, 0.3) is 5.91 Å². The number of nitrogens with zero attached hydrogens (tertiary/aromatic N) is 4. The molecule has 0 unspecified atom stereocenters. The van der Waals surface area contributed by atoms with Crippen LogP contribution < -0.4 is 0 Å². The van der Waals surface area contributed by atoms with E-state index < -0.39 is 0 Å². The van der Waals surface area contributed by atoms with Crippen molar-refractivity contribution in [2.45, 2.75) is 43.8 Å². The first-order valence-corrected chi connectivity index (χ1v) is 9.22. The number of hydrogen-bond donors (Lipinski definition) is 0. The fourth-order valence-electron chi connectivity index (χ4n) is 4.62. The SMILES string of the molecule is CN1[C@H](c2ccccc2)C[C@@H]2[C@@H]1CCCCN2C(=O)c1ccnn1C. The normalized spacial score (nSPS) is 27.1. The number of carbonyl (C=O) groups is 1. The lowest BCUT2D eigenvalue weighted by Crippen LogP contribution is -2.46. The van der Waals surface area contributed by atoms with E-state index in [1.54, 1.807) is 10.9 Å². The van der Waals surface area contributed by atoms with Gasteiger partial charge in [0.15, 0.2) is 0 Å². The Bertz CT molecular complexity index is 741. The zero-order valence-corrected chi connectivity index (χ0v) is 15.0. The molecule has 2 aliphatic heterocycles. The Morgan fingerprint density at radius 2 is 1.88 bits per heavy atom. The summed E-state index contributed by atoms with van der Waals surface area (Å²) in [6.45, 7) is 0.848. The van der Waals surface area contributed by atoms with Crippen molar-refractivity contribution in [3.63, 3.8) is 0 Å². The zero-order valence-electron chi connectivity index (χ0n) is 15.0. The molecule has 5 nitrogen and oxygen atoms in total. The molecule has 25 heavy (non-hydrogen) atoms. The summed E-state index contributed by atoms with van der Waals surface area (Å²) in [6, 6.07) is 13.6. The van der Waals surface area contributed by atoms with Gasteiger partial charge in [0, 0.05) is 37.9 Å². The fraction of sp³-hybridized carbons (Fsp3) is 0.500. The molecule has 0 radical (unpaired) electrons. The van der Waals surface area contributed by atoms with Gasteiger partial charge in [-0.3, -0.25) is 14.4 Å². The molecule has 2 saturated heterocycles. The number of likely N-dealkylation sites (tertiary alicyclic amines) is 2. The van der Waals surface area contributed by atoms with Crippen LogP contribution in [0.4, 0.5) is 0 Å². The van der Waals surface area contributed by atoms with Gasteiger partial charge < -0.3 is 4.90 Å². The summed E-state index contributed by atoms with van der Waals surface area (Å²) in [7, 11) is 4.07. The van der Waals surface area contributed by atoms with Gasteiger partial charge >= 0.3 is 0 Å². The Balaban J connectivity index is 1.64. The summed E-state index contributed by atoms with van der Waals surface area (Å²) in [5.41, 5.74) is 2.04. The molecule has 3 atom stereocenters. The minimum Gasteiger partial charge on any atom is -0.333 e. The Morgan fingerprint density at radius 3 is 2.60 bits per heavy atom. The second-order valence-corrected chi connectivity index (χ2v) is 7.30. The molecule has 0 saturated carbocycles. The zero-order chi connectivity index (χ0) is 17.4. The van der Waals surface area contributed by atoms with Gasteiger partial charge in [-0.2, -0.15) is 5.10 Å². The maximum atomic E-state index is 13.2. The summed E-state index contributed by atoms with van der Waals surface area (Å²) < 4.78 is 1.69. The van der Waals surface area contributed by atoms with Crippen LogP contribution in [-0.2, 0) is 7.05 Å². The van der Waals surface area contributed by atoms with Gasteiger partial charge in [-0.05, 0) is 37.9 Å². The summed E-state index contributed by atoms with van der Waals surface area (Å²) in [4.78, 5) is 17.8. The van der Waals surface area contributed by atoms with Gasteiger partial charge in [-0.1, -0.05) is 36.8 Å². The molecule has 4 rings (SSSR count). The molecule has 1 aromatic carbocycles. The number of hydrogen-bond acceptors (Lipinski definition) is 3. The molecule has 2 fully saturated rings. The van der Waals surface area contributed by atoms with Crippen molar-refractivity contribution >= 4 is 5.91 Å². The molecule has 0 aliphatic carbocycles. The van der Waals surface area contributed by atoms with Crippen LogP contribution in [-0.4, -0.2) is 51.2 Å². The maximum Gasteiger partial charge on any atom is 0.272 e. The van der Waals surface area contributed by atoms with E-state index >= 15 is 0 Å². The molecule has 5 heteroatoms. The third-order valence-corrected chi connectivity index (χ3v) is 5.96. The number of aromatic nitrogens is 2. The largest absolute Gasteiger partial charge is 0.333 e. The highest BCUT2D eigenvalue weighted by Crippen LogP contribution is 2.41. The monoisotopic (exact) mass is 338 g/mol. The van der Waals surface area contributed by atoms with Crippen LogP contribution in [0, 0.1) is 0 Å². The van der Waals surface area contributed by atoms with E-state index in [0.717, 1.165) is 19.4 Å². The van der Waals surface area contributed by atoms with E-state index in [1.165, 1.54) is 18.4 Å². The van der Waals surface area contributed by atoms with Crippen molar-refractivity contribution in [3.05, 3.63) is 53.9 Å². The van der Waals surface area contributed by atoms with E-state index in [9.17, 15) is 4.79 Å². The Hall–Kier alpha value is -2.14. The third kappa shape index (κ3) is 2.86. The van der Waals surface area contributed by atoms with Crippen LogP contribution in [0.5, 0.6) is 0 Å². The lowest BCUT2D eigenvalue weighted by Gasteiger charge is -2.32. The lowest BCUT2D eigenvalue weighted by molar-refractivity contribution is 0.0647. The first-order chi connectivity index (χ1) is 12.2. The van der Waals surface area contributed by atoms with Crippen LogP contribution in [0.15, 0.2) is 42.6 Å². The molecule has 0 spiro atoms. The third-order valence-electron chi connectivity index (χ3n) is 5.96. The van der Waals surface area contributed by atoms with E-state index in [0.29, 0.717) is 17.8 Å². The van der Waals surface area contributed by atoms with Crippen LogP contribution in [0.1, 0.15) is 47.8 Å². The predicted octanol–water partition coefficient (Wildman–Crippen LogP) is 2.86. The summed E-state index contributed by atoms with van der Waals surface area (Å²) in [5.74, 6) is 0.124. The smallest absolute Gasteiger partial charge is 0.272 e. The van der Waals surface area contributed by atoms with Gasteiger partial charge in [0.05, 0.1) is 0 Å². The number of rotatable bonds is 2. The number of fused-ring (bicyclic) bond motifs is 1. The summed E-state index contributed by atoms with van der Waals surface area (Å²) in [6.07, 6.45) is 6.15. The van der Waals surface area contributed by atoms with E-state index in [2.05, 4.69) is 52.3 Å². The minimum atomic E-state index is 0.124. The Kier molecular flexibility index (Phi) is 4.34. The first kappa shape index (κ1) is 16.3. The van der Waals surface area contributed by atoms with Gasteiger partial charge in [-0.15, -0.1) is 0 Å². The number of carbonyl (C=O) groups excluding carboxylic acids is 1. The van der Waals surface area contributed by atoms with E-state index in [-0.39, 0.29) is 11.9 Å². The molecule has 132 valence electrons. The molecule has 2 aromatic rings. The van der Waals surface area contributed by atoms with Crippen LogP contribution in [0.25, 0.3) is 0 Å². The fourth-order valence-corrected chi connectivity index (χ4v) is 4.62. The topological polar surface area (TPSA) is 41.4 Å². The number of amides is 1. The van der Waals surface area contributed by atoms with Crippen LogP contribution >= 0.6 is 0 Å². The maximum absolute atomic E-state index is 13.2. The van der Waals surface area contributed by atoms with Crippen molar-refractivity contribution in [2.24, 2.45) is 7.05 Å². The molecular weight excluding hydrogens is 312 g/mol. The summed E-state index contributed by atoms with van der Waals surface area (Å²) in [5, 5.41) is 4.18. The highest BCUT2D eigenvalue weighted by atomic mass is 16.2. The molecule has 0 N–H and O–H groups in total. The molecule has 2 aliphatic rings. The average molecular weight is 338 g/mol. The standard InChI is InChI=1S/C20H26N4O/c1-22-16-10-6-7-13-24(20(25)17-11-12-21-23(17)2)19(16)14-18(22)15-8-4-3-5-9-15/h3-5,8-9,11-12,16,18-19H,6-7,10,13-14H2,1-2H3/t16-,18-,19+/m0/s1. The molecular formula is C20H26N4O. The van der Waals surface area contributed by atoms with Gasteiger partial charge in [0.2, 0.25) is 0 Å². The number of benzene rings is 1. The summed E-state index contributed by atoms with van der Waals surface area (Å²) >= 11 is 0. The van der Waals surface area contributed by atoms with Crippen molar-refractivity contribution < 1.29 is 4.79 Å². The first-order valence-electron chi connectivity index (χ1n) is 9.22. The average Bonchev–Trinajstić information content (AvgIpc) is 3.12. The van der Waals surface area contributed by atoms with Crippen molar-refractivity contribution in [3.8, 4) is 0 Å². The highest BCUT2D eigenvalue weighted by molar-refractivity contribution is 5.92. The van der Waals surface area contributed by atoms with Crippen molar-refractivity contribution in [1.82, 2.24) is 19.6 Å².